The Labute approximate surface area is 134 Å². The second-order valence-corrected chi connectivity index (χ2v) is 8.64. The van der Waals surface area contributed by atoms with E-state index in [1.807, 2.05) is 0 Å². The van der Waals surface area contributed by atoms with Gasteiger partial charge >= 0.3 is 0 Å². The highest BCUT2D eigenvalue weighted by Crippen LogP contribution is 2.44. The zero-order valence-corrected chi connectivity index (χ0v) is 15.7. The van der Waals surface area contributed by atoms with Crippen LogP contribution in [0.25, 0.3) is 0 Å². The third kappa shape index (κ3) is 7.17. The Balaban J connectivity index is 2.60. The fourth-order valence-electron chi connectivity index (χ4n) is 4.13. The van der Waals surface area contributed by atoms with Gasteiger partial charge in [-0.3, -0.25) is 0 Å². The summed E-state index contributed by atoms with van der Waals surface area (Å²) in [6, 6.07) is 0.627. The molecule has 0 aromatic rings. The van der Waals surface area contributed by atoms with E-state index in [2.05, 4.69) is 46.9 Å². The maximum Gasteiger partial charge on any atom is 0.00104 e. The van der Waals surface area contributed by atoms with Crippen LogP contribution in [-0.4, -0.2) is 12.6 Å². The number of hydrogen-bond acceptors (Lipinski definition) is 1. The smallest absolute Gasteiger partial charge is 0.00104 e. The lowest BCUT2D eigenvalue weighted by atomic mass is 9.64. The van der Waals surface area contributed by atoms with Crippen LogP contribution in [0.15, 0.2) is 0 Å². The van der Waals surface area contributed by atoms with Crippen molar-refractivity contribution in [3.05, 3.63) is 0 Å². The van der Waals surface area contributed by atoms with Gasteiger partial charge in [0.05, 0.1) is 0 Å². The molecular formula is C20H41N. The van der Waals surface area contributed by atoms with Crippen molar-refractivity contribution >= 4 is 0 Å². The minimum Gasteiger partial charge on any atom is -0.314 e. The van der Waals surface area contributed by atoms with E-state index in [-0.39, 0.29) is 0 Å². The highest BCUT2D eigenvalue weighted by Gasteiger charge is 2.35. The number of rotatable bonds is 9. The third-order valence-corrected chi connectivity index (χ3v) is 5.64. The van der Waals surface area contributed by atoms with Gasteiger partial charge in [-0.2, -0.15) is 0 Å². The average molecular weight is 296 g/mol. The molecule has 1 rings (SSSR count). The number of unbranched alkanes of at least 4 members (excludes halogenated alkanes) is 1. The summed E-state index contributed by atoms with van der Waals surface area (Å²) >= 11 is 0. The van der Waals surface area contributed by atoms with E-state index in [0.717, 1.165) is 17.8 Å². The van der Waals surface area contributed by atoms with Gasteiger partial charge in [0.15, 0.2) is 0 Å². The Hall–Kier alpha value is -0.0400. The van der Waals surface area contributed by atoms with Gasteiger partial charge in [-0.05, 0) is 55.4 Å². The van der Waals surface area contributed by atoms with Gasteiger partial charge in [-0.15, -0.1) is 0 Å². The largest absolute Gasteiger partial charge is 0.314 e. The van der Waals surface area contributed by atoms with Crippen LogP contribution in [0.4, 0.5) is 0 Å². The summed E-state index contributed by atoms with van der Waals surface area (Å²) in [5.41, 5.74) is 0.571. The minimum atomic E-state index is 0.571. The molecular weight excluding hydrogens is 254 g/mol. The van der Waals surface area contributed by atoms with Crippen molar-refractivity contribution in [3.63, 3.8) is 0 Å². The molecule has 3 atom stereocenters. The normalized spacial score (nSPS) is 27.0. The molecule has 1 aliphatic carbocycles. The van der Waals surface area contributed by atoms with Crippen molar-refractivity contribution in [2.45, 2.75) is 99.0 Å². The van der Waals surface area contributed by atoms with Crippen LogP contribution in [0, 0.1) is 23.2 Å². The summed E-state index contributed by atoms with van der Waals surface area (Å²) in [5.74, 6) is 2.82. The minimum absolute atomic E-state index is 0.571. The number of nitrogens with one attached hydrogen (secondary N) is 1. The van der Waals surface area contributed by atoms with Crippen molar-refractivity contribution in [3.8, 4) is 0 Å². The Morgan fingerprint density at radius 1 is 1.14 bits per heavy atom. The summed E-state index contributed by atoms with van der Waals surface area (Å²) in [7, 11) is 0. The van der Waals surface area contributed by atoms with Crippen molar-refractivity contribution in [1.82, 2.24) is 5.32 Å². The highest BCUT2D eigenvalue weighted by atomic mass is 14.9. The second-order valence-electron chi connectivity index (χ2n) is 8.64. The van der Waals surface area contributed by atoms with E-state index in [4.69, 9.17) is 0 Å². The van der Waals surface area contributed by atoms with E-state index in [1.54, 1.807) is 0 Å². The quantitative estimate of drug-likeness (QED) is 0.547. The fraction of sp³-hybridized carbons (Fsp3) is 1.00. The topological polar surface area (TPSA) is 12.0 Å². The maximum absolute atomic E-state index is 3.71. The molecule has 1 N–H and O–H groups in total. The van der Waals surface area contributed by atoms with Crippen molar-refractivity contribution in [2.75, 3.05) is 6.54 Å². The van der Waals surface area contributed by atoms with Crippen molar-refractivity contribution in [1.29, 1.82) is 0 Å². The summed E-state index contributed by atoms with van der Waals surface area (Å²) in [6.45, 7) is 15.5. The molecule has 1 nitrogen and oxygen atoms in total. The fourth-order valence-corrected chi connectivity index (χ4v) is 4.13. The lowest BCUT2D eigenvalue weighted by Crippen LogP contribution is -2.38. The van der Waals surface area contributed by atoms with E-state index >= 15 is 0 Å². The lowest BCUT2D eigenvalue weighted by Gasteiger charge is -2.42. The van der Waals surface area contributed by atoms with E-state index in [0.29, 0.717) is 11.5 Å². The molecule has 1 saturated carbocycles. The van der Waals surface area contributed by atoms with Gasteiger partial charge in [0.2, 0.25) is 0 Å². The lowest BCUT2D eigenvalue weighted by molar-refractivity contribution is 0.0932. The summed E-state index contributed by atoms with van der Waals surface area (Å²) in [6.07, 6.45) is 11.4. The predicted octanol–water partition coefficient (Wildman–Crippen LogP) is 6.03. The molecule has 0 aromatic carbocycles. The summed E-state index contributed by atoms with van der Waals surface area (Å²) in [4.78, 5) is 0. The van der Waals surface area contributed by atoms with Crippen LogP contribution < -0.4 is 5.32 Å². The first-order chi connectivity index (χ1) is 9.88. The van der Waals surface area contributed by atoms with Crippen LogP contribution in [-0.2, 0) is 0 Å². The molecule has 0 bridgehead atoms. The Morgan fingerprint density at radius 3 is 2.43 bits per heavy atom. The first kappa shape index (κ1) is 19.0. The van der Waals surface area contributed by atoms with Crippen LogP contribution >= 0.6 is 0 Å². The first-order valence-corrected chi connectivity index (χ1v) is 9.61. The molecule has 0 aromatic heterocycles. The van der Waals surface area contributed by atoms with Crippen molar-refractivity contribution < 1.29 is 0 Å². The molecule has 1 aliphatic rings. The Kier molecular flexibility index (Phi) is 8.31. The predicted molar refractivity (Wildman–Crippen MR) is 95.7 cm³/mol. The van der Waals surface area contributed by atoms with Gasteiger partial charge in [0.25, 0.3) is 0 Å². The molecule has 1 fully saturated rings. The summed E-state index contributed by atoms with van der Waals surface area (Å²) in [5, 5.41) is 3.71. The van der Waals surface area contributed by atoms with Crippen molar-refractivity contribution in [2.24, 2.45) is 23.2 Å². The van der Waals surface area contributed by atoms with E-state index in [9.17, 15) is 0 Å². The van der Waals surface area contributed by atoms with Gasteiger partial charge in [0, 0.05) is 6.04 Å². The van der Waals surface area contributed by atoms with Gasteiger partial charge in [-0.1, -0.05) is 67.2 Å². The SMILES string of the molecule is CCCCC(CC)CC1CC(C)(C)CCC1CNC(C)C. The molecule has 0 amide bonds. The molecule has 0 spiro atoms. The highest BCUT2D eigenvalue weighted by molar-refractivity contribution is 4.87. The van der Waals surface area contributed by atoms with Gasteiger partial charge in [-0.25, -0.2) is 0 Å². The Morgan fingerprint density at radius 2 is 1.86 bits per heavy atom. The van der Waals surface area contributed by atoms with Gasteiger partial charge in [0.1, 0.15) is 0 Å². The molecule has 21 heavy (non-hydrogen) atoms. The van der Waals surface area contributed by atoms with Gasteiger partial charge < -0.3 is 5.32 Å². The molecule has 0 saturated heterocycles. The zero-order valence-electron chi connectivity index (χ0n) is 15.7. The van der Waals surface area contributed by atoms with E-state index < -0.39 is 0 Å². The first-order valence-electron chi connectivity index (χ1n) is 9.61. The van der Waals surface area contributed by atoms with Crippen LogP contribution in [0.2, 0.25) is 0 Å². The van der Waals surface area contributed by atoms with Crippen LogP contribution in [0.5, 0.6) is 0 Å². The molecule has 1 heteroatoms. The summed E-state index contributed by atoms with van der Waals surface area (Å²) < 4.78 is 0. The molecule has 0 heterocycles. The van der Waals surface area contributed by atoms with Crippen LogP contribution in [0.1, 0.15) is 92.9 Å². The monoisotopic (exact) mass is 295 g/mol. The molecule has 0 radical (unpaired) electrons. The average Bonchev–Trinajstić information content (AvgIpc) is 2.41. The zero-order chi connectivity index (χ0) is 15.9. The molecule has 0 aliphatic heterocycles. The Bertz CT molecular complexity index is 267. The van der Waals surface area contributed by atoms with E-state index in [1.165, 1.54) is 57.9 Å². The standard InChI is InChI=1S/C20H41N/c1-7-9-10-17(8-2)13-19-14-20(5,6)12-11-18(19)15-21-16(3)4/h16-19,21H,7-15H2,1-6H3. The third-order valence-electron chi connectivity index (χ3n) is 5.64. The number of hydrogen-bond donors (Lipinski definition) is 1. The molecule has 126 valence electrons. The second kappa shape index (κ2) is 9.18. The maximum atomic E-state index is 3.71. The molecule has 3 unspecified atom stereocenters. The van der Waals surface area contributed by atoms with Crippen LogP contribution in [0.3, 0.4) is 0 Å².